The number of hydrogen-bond acceptors (Lipinski definition) is 4. The lowest BCUT2D eigenvalue weighted by Crippen LogP contribution is -2.01. The molecule has 0 fully saturated rings. The van der Waals surface area contributed by atoms with Gasteiger partial charge >= 0.3 is 0 Å². The lowest BCUT2D eigenvalue weighted by atomic mass is 9.98. The average molecular weight is 743 g/mol. The van der Waals surface area contributed by atoms with Crippen LogP contribution in [0.15, 0.2) is 180 Å². The van der Waals surface area contributed by atoms with E-state index in [1.165, 1.54) is 44.1 Å². The lowest BCUT2D eigenvalue weighted by molar-refractivity contribution is 0.665. The van der Waals surface area contributed by atoms with Gasteiger partial charge in [0.05, 0.1) is 11.2 Å². The molecule has 0 amide bonds. The van der Waals surface area contributed by atoms with Crippen molar-refractivity contribution in [3.8, 4) is 51.0 Å². The van der Waals surface area contributed by atoms with Crippen LogP contribution in [-0.2, 0) is 6.42 Å². The minimum atomic E-state index is 0.597. The Morgan fingerprint density at radius 1 is 0.483 bits per heavy atom. The van der Waals surface area contributed by atoms with Crippen LogP contribution in [0, 0.1) is 0 Å². The number of furan rings is 1. The Kier molecular flexibility index (Phi) is 7.29. The predicted molar refractivity (Wildman–Crippen MR) is 238 cm³/mol. The van der Waals surface area contributed by atoms with Crippen molar-refractivity contribution in [1.29, 1.82) is 0 Å². The van der Waals surface area contributed by atoms with Gasteiger partial charge in [0.25, 0.3) is 0 Å². The molecular weight excluding hydrogens is 709 g/mol. The number of aryl methyl sites for hydroxylation is 1. The van der Waals surface area contributed by atoms with Crippen LogP contribution in [0.4, 0.5) is 0 Å². The third-order valence-electron chi connectivity index (χ3n) is 11.7. The number of allylic oxidation sites excluding steroid dienone is 1. The molecular formula is C53H34N4O. The molecule has 5 heteroatoms. The first-order valence-corrected chi connectivity index (χ1v) is 19.8. The van der Waals surface area contributed by atoms with Gasteiger partial charge in [0, 0.05) is 38.5 Å². The van der Waals surface area contributed by atoms with E-state index in [2.05, 4.69) is 174 Å². The molecule has 58 heavy (non-hydrogen) atoms. The zero-order valence-electron chi connectivity index (χ0n) is 31.4. The standard InChI is InChI=1S/C53H34N4O/c1-2-12-33(13-3-1)38-28-29-46-44(32-38)41-18-8-9-21-45(41)57(46)47-22-10-19-42-49-43(20-11-23-48(49)58-50(42)47)53-55-51(39-26-24-34-14-4-6-16-36(34)30-39)54-52(56-53)40-27-25-35-15-5-7-17-37(35)31-40/h1-7,9-17,19-32H,8,18H2. The van der Waals surface area contributed by atoms with Gasteiger partial charge in [-0.15, -0.1) is 0 Å². The molecule has 11 aromatic rings. The molecule has 1 aliphatic rings. The quantitative estimate of drug-likeness (QED) is 0.176. The summed E-state index contributed by atoms with van der Waals surface area (Å²) in [5.41, 5.74) is 11.6. The van der Waals surface area contributed by atoms with Gasteiger partial charge in [-0.25, -0.2) is 15.0 Å². The molecule has 0 bridgehead atoms. The Morgan fingerprint density at radius 2 is 1.14 bits per heavy atom. The van der Waals surface area contributed by atoms with E-state index < -0.39 is 0 Å². The van der Waals surface area contributed by atoms with E-state index in [0.717, 1.165) is 67.9 Å². The second-order valence-corrected chi connectivity index (χ2v) is 15.1. The van der Waals surface area contributed by atoms with Crippen LogP contribution in [0.2, 0.25) is 0 Å². The molecule has 8 aromatic carbocycles. The third kappa shape index (κ3) is 5.21. The smallest absolute Gasteiger partial charge is 0.164 e. The monoisotopic (exact) mass is 742 g/mol. The molecule has 0 N–H and O–H groups in total. The first-order chi connectivity index (χ1) is 28.7. The number of aromatic nitrogens is 4. The van der Waals surface area contributed by atoms with Crippen LogP contribution in [-0.4, -0.2) is 19.5 Å². The highest BCUT2D eigenvalue weighted by Gasteiger charge is 2.24. The van der Waals surface area contributed by atoms with E-state index in [0.29, 0.717) is 17.5 Å². The second-order valence-electron chi connectivity index (χ2n) is 15.1. The topological polar surface area (TPSA) is 56.7 Å². The summed E-state index contributed by atoms with van der Waals surface area (Å²) in [5, 5.41) is 7.88. The summed E-state index contributed by atoms with van der Waals surface area (Å²) in [6.07, 6.45) is 6.58. The summed E-state index contributed by atoms with van der Waals surface area (Å²) in [6, 6.07) is 59.7. The van der Waals surface area contributed by atoms with Crippen molar-refractivity contribution in [2.45, 2.75) is 12.8 Å². The fraction of sp³-hybridized carbons (Fsp3) is 0.0377. The number of fused-ring (bicyclic) bond motifs is 8. The van der Waals surface area contributed by atoms with Crippen LogP contribution in [0.1, 0.15) is 17.7 Å². The van der Waals surface area contributed by atoms with E-state index in [4.69, 9.17) is 19.4 Å². The molecule has 5 nitrogen and oxygen atoms in total. The van der Waals surface area contributed by atoms with Gasteiger partial charge in [0.2, 0.25) is 0 Å². The predicted octanol–water partition coefficient (Wildman–Crippen LogP) is 13.6. The summed E-state index contributed by atoms with van der Waals surface area (Å²) < 4.78 is 9.30. The maximum absolute atomic E-state index is 6.91. The number of hydrogen-bond donors (Lipinski definition) is 0. The molecule has 0 aliphatic heterocycles. The van der Waals surface area contributed by atoms with Gasteiger partial charge in [-0.1, -0.05) is 140 Å². The zero-order chi connectivity index (χ0) is 38.2. The van der Waals surface area contributed by atoms with Crippen molar-refractivity contribution in [1.82, 2.24) is 19.5 Å². The van der Waals surface area contributed by atoms with E-state index in [1.807, 2.05) is 12.1 Å². The van der Waals surface area contributed by atoms with Gasteiger partial charge in [-0.05, 0) is 93.6 Å². The van der Waals surface area contributed by atoms with Crippen molar-refractivity contribution < 1.29 is 4.42 Å². The molecule has 3 aromatic heterocycles. The Labute approximate surface area is 334 Å². The maximum atomic E-state index is 6.91. The van der Waals surface area contributed by atoms with Crippen molar-refractivity contribution in [2.75, 3.05) is 0 Å². The Morgan fingerprint density at radius 3 is 1.88 bits per heavy atom. The summed E-state index contributed by atoms with van der Waals surface area (Å²) in [6.45, 7) is 0. The highest BCUT2D eigenvalue weighted by atomic mass is 16.3. The van der Waals surface area contributed by atoms with Gasteiger partial charge in [0.1, 0.15) is 5.58 Å². The summed E-state index contributed by atoms with van der Waals surface area (Å²) in [7, 11) is 0. The van der Waals surface area contributed by atoms with Crippen LogP contribution in [0.5, 0.6) is 0 Å². The van der Waals surface area contributed by atoms with Crippen molar-refractivity contribution in [3.63, 3.8) is 0 Å². The van der Waals surface area contributed by atoms with Crippen LogP contribution >= 0.6 is 0 Å². The minimum absolute atomic E-state index is 0.597. The fourth-order valence-corrected chi connectivity index (χ4v) is 8.91. The van der Waals surface area contributed by atoms with E-state index in [9.17, 15) is 0 Å². The number of rotatable bonds is 5. The van der Waals surface area contributed by atoms with Gasteiger partial charge < -0.3 is 8.98 Å². The molecule has 1 aliphatic carbocycles. The number of benzene rings is 8. The number of nitrogens with zero attached hydrogens (tertiary/aromatic N) is 4. The van der Waals surface area contributed by atoms with Gasteiger partial charge in [-0.2, -0.15) is 0 Å². The number of para-hydroxylation sites is 1. The third-order valence-corrected chi connectivity index (χ3v) is 11.7. The first kappa shape index (κ1) is 32.6. The zero-order valence-corrected chi connectivity index (χ0v) is 31.4. The Balaban J connectivity index is 1.07. The highest BCUT2D eigenvalue weighted by molar-refractivity contribution is 6.14. The molecule has 0 spiro atoms. The van der Waals surface area contributed by atoms with E-state index >= 15 is 0 Å². The molecule has 3 heterocycles. The SMILES string of the molecule is C1=Cc2c(c3cc(-c4ccccc4)ccc3n2-c2cccc3c2oc2cccc(-c4nc(-c5ccc6ccccc6c5)nc(-c5ccc6ccccc6c5)n4)c23)CC1. The van der Waals surface area contributed by atoms with Crippen molar-refractivity contribution >= 4 is 60.5 Å². The van der Waals surface area contributed by atoms with E-state index in [-0.39, 0.29) is 0 Å². The summed E-state index contributed by atoms with van der Waals surface area (Å²) >= 11 is 0. The second kappa shape index (κ2) is 13.0. The fourth-order valence-electron chi connectivity index (χ4n) is 8.91. The lowest BCUT2D eigenvalue weighted by Gasteiger charge is -2.12. The minimum Gasteiger partial charge on any atom is -0.454 e. The van der Waals surface area contributed by atoms with Gasteiger partial charge in [-0.3, -0.25) is 0 Å². The van der Waals surface area contributed by atoms with Crippen LogP contribution in [0.3, 0.4) is 0 Å². The molecule has 0 unspecified atom stereocenters. The molecule has 0 atom stereocenters. The summed E-state index contributed by atoms with van der Waals surface area (Å²) in [5.74, 6) is 1.84. The molecule has 0 radical (unpaired) electrons. The Bertz CT molecular complexity index is 3370. The van der Waals surface area contributed by atoms with E-state index in [1.54, 1.807) is 0 Å². The van der Waals surface area contributed by atoms with Crippen LogP contribution < -0.4 is 0 Å². The van der Waals surface area contributed by atoms with Gasteiger partial charge in [0.15, 0.2) is 23.1 Å². The largest absolute Gasteiger partial charge is 0.454 e. The molecule has 0 saturated heterocycles. The van der Waals surface area contributed by atoms with Crippen molar-refractivity contribution in [3.05, 3.63) is 187 Å². The van der Waals surface area contributed by atoms with Crippen LogP contribution in [0.25, 0.3) is 111 Å². The Hall–Kier alpha value is -7.63. The average Bonchev–Trinajstić information content (AvgIpc) is 3.85. The summed E-state index contributed by atoms with van der Waals surface area (Å²) in [4.78, 5) is 15.6. The first-order valence-electron chi connectivity index (χ1n) is 19.8. The van der Waals surface area contributed by atoms with Crippen molar-refractivity contribution in [2.24, 2.45) is 0 Å². The maximum Gasteiger partial charge on any atom is 0.164 e. The molecule has 12 rings (SSSR count). The molecule has 272 valence electrons. The highest BCUT2D eigenvalue weighted by Crippen LogP contribution is 2.42. The molecule has 0 saturated carbocycles. The normalized spacial score (nSPS) is 12.6.